The molecule has 3 N–H and O–H groups in total. The molecule has 0 aliphatic rings. The van der Waals surface area contributed by atoms with Crippen molar-refractivity contribution in [3.05, 3.63) is 22.7 Å². The second-order valence-corrected chi connectivity index (χ2v) is 7.26. The van der Waals surface area contributed by atoms with Gasteiger partial charge in [-0.15, -0.1) is 0 Å². The lowest BCUT2D eigenvalue weighted by atomic mass is 10.1. The second-order valence-electron chi connectivity index (χ2n) is 6.85. The molecule has 0 aliphatic heterocycles. The number of benzene rings is 1. The van der Waals surface area contributed by atoms with Crippen molar-refractivity contribution in [2.75, 3.05) is 13.2 Å². The van der Waals surface area contributed by atoms with Gasteiger partial charge in [0.15, 0.2) is 18.1 Å². The number of hydrogen-bond donors (Lipinski definition) is 3. The third kappa shape index (κ3) is 7.49. The summed E-state index contributed by atoms with van der Waals surface area (Å²) >= 11 is 6.26. The van der Waals surface area contributed by atoms with Gasteiger partial charge in [-0.1, -0.05) is 11.6 Å². The van der Waals surface area contributed by atoms with Gasteiger partial charge in [0.2, 0.25) is 0 Å². The molecule has 0 heterocycles. The molecule has 1 aromatic rings. The highest BCUT2D eigenvalue weighted by Gasteiger charge is 2.17. The molecule has 0 radical (unpaired) electrons. The molecular formula is C18H27ClN2O5. The molecule has 0 spiro atoms. The van der Waals surface area contributed by atoms with E-state index in [9.17, 15) is 9.59 Å². The van der Waals surface area contributed by atoms with Crippen molar-refractivity contribution in [2.24, 2.45) is 0 Å². The summed E-state index contributed by atoms with van der Waals surface area (Å²) in [4.78, 5) is 22.8. The van der Waals surface area contributed by atoms with Crippen molar-refractivity contribution >= 4 is 23.5 Å². The van der Waals surface area contributed by atoms with Crippen LogP contribution in [-0.4, -0.2) is 41.8 Å². The maximum Gasteiger partial charge on any atom is 0.320 e. The van der Waals surface area contributed by atoms with E-state index >= 15 is 0 Å². The number of carboxylic acid groups (broad SMARTS) is 1. The average molecular weight is 387 g/mol. The zero-order valence-corrected chi connectivity index (χ0v) is 16.6. The van der Waals surface area contributed by atoms with Gasteiger partial charge in [-0.25, -0.2) is 0 Å². The van der Waals surface area contributed by atoms with E-state index in [4.69, 9.17) is 26.2 Å². The Morgan fingerprint density at radius 1 is 1.23 bits per heavy atom. The number of carbonyl (C=O) groups is 2. The van der Waals surface area contributed by atoms with Crippen LogP contribution in [0.25, 0.3) is 0 Å². The Hall–Kier alpha value is -1.99. The predicted octanol–water partition coefficient (Wildman–Crippen LogP) is 2.59. The van der Waals surface area contributed by atoms with Gasteiger partial charge >= 0.3 is 5.97 Å². The fourth-order valence-electron chi connectivity index (χ4n) is 2.04. The Morgan fingerprint density at radius 2 is 1.85 bits per heavy atom. The topological polar surface area (TPSA) is 96.9 Å². The van der Waals surface area contributed by atoms with Crippen molar-refractivity contribution in [3.8, 4) is 11.5 Å². The summed E-state index contributed by atoms with van der Waals surface area (Å²) in [6, 6.07) is 2.54. The quantitative estimate of drug-likeness (QED) is 0.603. The molecule has 0 aromatic heterocycles. The van der Waals surface area contributed by atoms with Crippen LogP contribution in [0.15, 0.2) is 12.1 Å². The van der Waals surface area contributed by atoms with Crippen molar-refractivity contribution < 1.29 is 24.2 Å². The molecule has 1 amide bonds. The number of nitrogens with one attached hydrogen (secondary N) is 2. The van der Waals surface area contributed by atoms with E-state index in [1.807, 2.05) is 27.7 Å². The van der Waals surface area contributed by atoms with E-state index in [1.165, 1.54) is 0 Å². The van der Waals surface area contributed by atoms with Gasteiger partial charge in [0, 0.05) is 23.2 Å². The largest absolute Gasteiger partial charge is 0.490 e. The predicted molar refractivity (Wildman–Crippen MR) is 99.9 cm³/mol. The van der Waals surface area contributed by atoms with Gasteiger partial charge in [-0.3, -0.25) is 9.59 Å². The number of carboxylic acids is 1. The fraction of sp³-hybridized carbons (Fsp3) is 0.556. The summed E-state index contributed by atoms with van der Waals surface area (Å²) in [6.07, 6.45) is 0. The molecule has 1 unspecified atom stereocenters. The van der Waals surface area contributed by atoms with Crippen molar-refractivity contribution in [3.63, 3.8) is 0 Å². The second kappa shape index (κ2) is 9.64. The van der Waals surface area contributed by atoms with Gasteiger partial charge in [0.1, 0.15) is 6.04 Å². The monoisotopic (exact) mass is 386 g/mol. The van der Waals surface area contributed by atoms with E-state index in [0.717, 1.165) is 0 Å². The molecule has 0 saturated carbocycles. The normalized spacial score (nSPS) is 12.4. The van der Waals surface area contributed by atoms with E-state index in [-0.39, 0.29) is 24.6 Å². The van der Waals surface area contributed by atoms with Crippen LogP contribution in [0.3, 0.4) is 0 Å². The molecule has 8 heteroatoms. The lowest BCUT2D eigenvalue weighted by Crippen LogP contribution is -2.43. The summed E-state index contributed by atoms with van der Waals surface area (Å²) in [5, 5.41) is 15.0. The summed E-state index contributed by atoms with van der Waals surface area (Å²) in [7, 11) is 0. The molecule has 1 aromatic carbocycles. The van der Waals surface area contributed by atoms with Crippen molar-refractivity contribution in [2.45, 2.75) is 52.7 Å². The Bertz CT molecular complexity index is 643. The molecule has 26 heavy (non-hydrogen) atoms. The molecule has 7 nitrogen and oxygen atoms in total. The smallest absolute Gasteiger partial charge is 0.320 e. The standard InChI is InChI=1S/C18H27ClN2O5/c1-6-25-14-7-12(9-20-11(2)17(23)24)13(19)8-15(14)26-10-16(22)21-18(3,4)5/h7-8,11,20H,6,9-10H2,1-5H3,(H,21,22)(H,23,24). The van der Waals surface area contributed by atoms with Gasteiger partial charge < -0.3 is 25.2 Å². The Balaban J connectivity index is 2.87. The minimum atomic E-state index is -0.948. The number of carbonyl (C=O) groups excluding carboxylic acids is 1. The lowest BCUT2D eigenvalue weighted by molar-refractivity contribution is -0.139. The number of halogens is 1. The summed E-state index contributed by atoms with van der Waals surface area (Å²) in [5.41, 5.74) is 0.326. The van der Waals surface area contributed by atoms with Gasteiger partial charge in [-0.2, -0.15) is 0 Å². The first-order chi connectivity index (χ1) is 12.0. The van der Waals surface area contributed by atoms with E-state index in [1.54, 1.807) is 19.1 Å². The maximum atomic E-state index is 11.9. The minimum Gasteiger partial charge on any atom is -0.490 e. The summed E-state index contributed by atoms with van der Waals surface area (Å²) in [6.45, 7) is 9.52. The molecule has 0 fully saturated rings. The van der Waals surface area contributed by atoms with Gasteiger partial charge in [0.05, 0.1) is 6.61 Å². The Labute approximate surface area is 159 Å². The Kier molecular flexibility index (Phi) is 8.17. The van der Waals surface area contributed by atoms with Crippen LogP contribution >= 0.6 is 11.6 Å². The van der Waals surface area contributed by atoms with Crippen LogP contribution < -0.4 is 20.1 Å². The highest BCUT2D eigenvalue weighted by Crippen LogP contribution is 2.33. The van der Waals surface area contributed by atoms with Crippen LogP contribution in [0.4, 0.5) is 0 Å². The Morgan fingerprint density at radius 3 is 2.38 bits per heavy atom. The van der Waals surface area contributed by atoms with Crippen LogP contribution in [0, 0.1) is 0 Å². The SMILES string of the molecule is CCOc1cc(CNC(C)C(=O)O)c(Cl)cc1OCC(=O)NC(C)(C)C. The number of ether oxygens (including phenoxy) is 2. The van der Waals surface area contributed by atoms with E-state index in [2.05, 4.69) is 10.6 Å². The molecule has 0 saturated heterocycles. The molecule has 1 atom stereocenters. The molecular weight excluding hydrogens is 360 g/mol. The number of aliphatic carboxylic acids is 1. The number of hydrogen-bond acceptors (Lipinski definition) is 5. The van der Waals surface area contributed by atoms with Crippen LogP contribution in [-0.2, 0) is 16.1 Å². The van der Waals surface area contributed by atoms with Crippen LogP contribution in [0.2, 0.25) is 5.02 Å². The van der Waals surface area contributed by atoms with Gasteiger partial charge in [0.25, 0.3) is 5.91 Å². The van der Waals surface area contributed by atoms with E-state index in [0.29, 0.717) is 28.7 Å². The zero-order valence-electron chi connectivity index (χ0n) is 15.8. The zero-order chi connectivity index (χ0) is 19.9. The first-order valence-corrected chi connectivity index (χ1v) is 8.76. The lowest BCUT2D eigenvalue weighted by Gasteiger charge is -2.21. The fourth-order valence-corrected chi connectivity index (χ4v) is 2.26. The maximum absolute atomic E-state index is 11.9. The van der Waals surface area contributed by atoms with Crippen LogP contribution in [0.5, 0.6) is 11.5 Å². The third-order valence-electron chi connectivity index (χ3n) is 3.25. The average Bonchev–Trinajstić information content (AvgIpc) is 2.51. The highest BCUT2D eigenvalue weighted by molar-refractivity contribution is 6.31. The van der Waals surface area contributed by atoms with E-state index < -0.39 is 12.0 Å². The molecule has 1 rings (SSSR count). The first-order valence-electron chi connectivity index (χ1n) is 8.38. The summed E-state index contributed by atoms with van der Waals surface area (Å²) < 4.78 is 11.1. The van der Waals surface area contributed by atoms with Gasteiger partial charge in [-0.05, 0) is 46.2 Å². The van der Waals surface area contributed by atoms with Crippen LogP contribution in [0.1, 0.15) is 40.2 Å². The summed E-state index contributed by atoms with van der Waals surface area (Å²) in [5.74, 6) is -0.399. The van der Waals surface area contributed by atoms with Crippen molar-refractivity contribution in [1.82, 2.24) is 10.6 Å². The molecule has 0 aliphatic carbocycles. The first kappa shape index (κ1) is 22.1. The third-order valence-corrected chi connectivity index (χ3v) is 3.61. The van der Waals surface area contributed by atoms with Crippen molar-refractivity contribution in [1.29, 1.82) is 0 Å². The number of rotatable bonds is 9. The molecule has 146 valence electrons. The minimum absolute atomic E-state index is 0.165. The number of amides is 1. The molecule has 0 bridgehead atoms. The highest BCUT2D eigenvalue weighted by atomic mass is 35.5.